The number of aromatic hydroxyl groups is 1. The highest BCUT2D eigenvalue weighted by Crippen LogP contribution is 2.12. The Morgan fingerprint density at radius 2 is 2.14 bits per heavy atom. The van der Waals surface area contributed by atoms with Gasteiger partial charge in [-0.3, -0.25) is 10.1 Å². The summed E-state index contributed by atoms with van der Waals surface area (Å²) in [6.45, 7) is 0.293. The van der Waals surface area contributed by atoms with E-state index in [1.807, 2.05) is 0 Å². The van der Waals surface area contributed by atoms with Gasteiger partial charge >= 0.3 is 5.97 Å². The Morgan fingerprint density at radius 1 is 1.43 bits per heavy atom. The van der Waals surface area contributed by atoms with Crippen molar-refractivity contribution < 1.29 is 14.6 Å². The van der Waals surface area contributed by atoms with Crippen LogP contribution in [0.15, 0.2) is 24.3 Å². The van der Waals surface area contributed by atoms with Gasteiger partial charge in [0.05, 0.1) is 0 Å². The predicted octanol–water partition coefficient (Wildman–Crippen LogP) is 0.407. The van der Waals surface area contributed by atoms with Gasteiger partial charge < -0.3 is 9.84 Å². The van der Waals surface area contributed by atoms with Crippen LogP contribution in [-0.2, 0) is 16.0 Å². The number of carbonyl (C=O) groups excluding carboxylic acids is 1. The van der Waals surface area contributed by atoms with Gasteiger partial charge in [-0.2, -0.15) is 0 Å². The molecule has 0 radical (unpaired) electrons. The minimum absolute atomic E-state index is 0.210. The maximum atomic E-state index is 11.1. The Hall–Kier alpha value is -1.55. The molecule has 2 rings (SSSR count). The van der Waals surface area contributed by atoms with Crippen LogP contribution in [0.3, 0.4) is 0 Å². The van der Waals surface area contributed by atoms with Crippen molar-refractivity contribution in [3.8, 4) is 5.75 Å². The highest BCUT2D eigenvalue weighted by Gasteiger charge is 2.25. The number of phenols is 1. The molecule has 1 unspecified atom stereocenters. The average molecular weight is 193 g/mol. The Balaban J connectivity index is 2.03. The number of benzene rings is 1. The summed E-state index contributed by atoms with van der Waals surface area (Å²) >= 11 is 0. The van der Waals surface area contributed by atoms with E-state index in [-0.39, 0.29) is 17.8 Å². The zero-order valence-corrected chi connectivity index (χ0v) is 7.56. The highest BCUT2D eigenvalue weighted by molar-refractivity contribution is 5.77. The van der Waals surface area contributed by atoms with Crippen molar-refractivity contribution in [2.45, 2.75) is 12.5 Å². The van der Waals surface area contributed by atoms with Crippen LogP contribution in [0.4, 0.5) is 0 Å². The molecule has 2 N–H and O–H groups in total. The minimum Gasteiger partial charge on any atom is -0.508 e. The van der Waals surface area contributed by atoms with Crippen LogP contribution in [0.5, 0.6) is 5.75 Å². The number of carbonyl (C=O) groups is 1. The lowest BCUT2D eigenvalue weighted by Crippen LogP contribution is -2.29. The van der Waals surface area contributed by atoms with E-state index in [1.165, 1.54) is 0 Å². The molecular weight excluding hydrogens is 182 g/mol. The van der Waals surface area contributed by atoms with Crippen molar-refractivity contribution >= 4 is 5.97 Å². The summed E-state index contributed by atoms with van der Waals surface area (Å²) in [5.41, 5.74) is 0.999. The van der Waals surface area contributed by atoms with Gasteiger partial charge in [-0.25, -0.2) is 0 Å². The smallest absolute Gasteiger partial charge is 0.324 e. The van der Waals surface area contributed by atoms with E-state index in [0.717, 1.165) is 5.56 Å². The highest BCUT2D eigenvalue weighted by atomic mass is 16.6. The zero-order valence-electron chi connectivity index (χ0n) is 7.56. The fraction of sp³-hybridized carbons (Fsp3) is 0.300. The van der Waals surface area contributed by atoms with E-state index in [1.54, 1.807) is 24.3 Å². The molecule has 1 fully saturated rings. The second-order valence-electron chi connectivity index (χ2n) is 3.23. The summed E-state index contributed by atoms with van der Waals surface area (Å²) in [7, 11) is 0. The van der Waals surface area contributed by atoms with Gasteiger partial charge in [0.25, 0.3) is 0 Å². The number of phenolic OH excluding ortho intramolecular Hbond substituents is 1. The Morgan fingerprint density at radius 3 is 2.71 bits per heavy atom. The Labute approximate surface area is 81.5 Å². The number of esters is 1. The fourth-order valence-corrected chi connectivity index (χ4v) is 1.42. The van der Waals surface area contributed by atoms with E-state index in [2.05, 4.69) is 5.32 Å². The van der Waals surface area contributed by atoms with Crippen LogP contribution in [0.1, 0.15) is 5.56 Å². The molecule has 0 spiro atoms. The third kappa shape index (κ3) is 1.85. The molecule has 0 amide bonds. The van der Waals surface area contributed by atoms with E-state index in [0.29, 0.717) is 13.2 Å². The molecule has 1 aromatic carbocycles. The van der Waals surface area contributed by atoms with Crippen LogP contribution in [0.25, 0.3) is 0 Å². The number of ether oxygens (including phenoxy) is 1. The first kappa shape index (κ1) is 9.02. The van der Waals surface area contributed by atoms with Crippen molar-refractivity contribution in [3.05, 3.63) is 29.8 Å². The van der Waals surface area contributed by atoms with Crippen molar-refractivity contribution in [1.82, 2.24) is 5.32 Å². The van der Waals surface area contributed by atoms with Crippen molar-refractivity contribution in [1.29, 1.82) is 0 Å². The molecule has 1 heterocycles. The topological polar surface area (TPSA) is 58.6 Å². The van der Waals surface area contributed by atoms with Gasteiger partial charge in [0.15, 0.2) is 0 Å². The molecule has 4 nitrogen and oxygen atoms in total. The number of hydrogen-bond donors (Lipinski definition) is 2. The molecule has 1 saturated heterocycles. The fourth-order valence-electron chi connectivity index (χ4n) is 1.42. The SMILES string of the molecule is O=C1OCNC1Cc1ccc(O)cc1. The van der Waals surface area contributed by atoms with Gasteiger partial charge in [0.1, 0.15) is 18.5 Å². The number of nitrogens with one attached hydrogen (secondary N) is 1. The van der Waals surface area contributed by atoms with Gasteiger partial charge in [0.2, 0.25) is 0 Å². The van der Waals surface area contributed by atoms with E-state index < -0.39 is 0 Å². The minimum atomic E-state index is -0.250. The van der Waals surface area contributed by atoms with E-state index in [4.69, 9.17) is 9.84 Å². The molecule has 1 aromatic rings. The first-order valence-electron chi connectivity index (χ1n) is 4.43. The lowest BCUT2D eigenvalue weighted by Gasteiger charge is -2.05. The van der Waals surface area contributed by atoms with Gasteiger partial charge in [-0.05, 0) is 24.1 Å². The average Bonchev–Trinajstić information content (AvgIpc) is 2.56. The van der Waals surface area contributed by atoms with Gasteiger partial charge in [-0.15, -0.1) is 0 Å². The molecule has 0 aromatic heterocycles. The normalized spacial score (nSPS) is 20.9. The van der Waals surface area contributed by atoms with E-state index >= 15 is 0 Å². The molecule has 14 heavy (non-hydrogen) atoms. The molecule has 0 aliphatic carbocycles. The lowest BCUT2D eigenvalue weighted by atomic mass is 10.1. The summed E-state index contributed by atoms with van der Waals surface area (Å²) in [4.78, 5) is 11.1. The maximum absolute atomic E-state index is 11.1. The molecule has 4 heteroatoms. The third-order valence-corrected chi connectivity index (χ3v) is 2.20. The quantitative estimate of drug-likeness (QED) is 0.668. The first-order valence-corrected chi connectivity index (χ1v) is 4.43. The molecule has 0 saturated carbocycles. The summed E-state index contributed by atoms with van der Waals surface area (Å²) in [6.07, 6.45) is 0.596. The molecule has 74 valence electrons. The molecule has 1 aliphatic heterocycles. The van der Waals surface area contributed by atoms with Crippen molar-refractivity contribution in [2.24, 2.45) is 0 Å². The van der Waals surface area contributed by atoms with Crippen LogP contribution >= 0.6 is 0 Å². The second kappa shape index (κ2) is 3.67. The molecule has 1 aliphatic rings. The van der Waals surface area contributed by atoms with Crippen LogP contribution in [-0.4, -0.2) is 23.8 Å². The number of hydrogen-bond acceptors (Lipinski definition) is 4. The first-order chi connectivity index (χ1) is 6.75. The predicted molar refractivity (Wildman–Crippen MR) is 49.7 cm³/mol. The largest absolute Gasteiger partial charge is 0.508 e. The van der Waals surface area contributed by atoms with Gasteiger partial charge in [0, 0.05) is 0 Å². The lowest BCUT2D eigenvalue weighted by molar-refractivity contribution is -0.139. The molecule has 1 atom stereocenters. The van der Waals surface area contributed by atoms with Crippen LogP contribution < -0.4 is 5.32 Å². The summed E-state index contributed by atoms with van der Waals surface area (Å²) in [6, 6.07) is 6.55. The van der Waals surface area contributed by atoms with E-state index in [9.17, 15) is 4.79 Å². The maximum Gasteiger partial charge on any atom is 0.324 e. The Bertz CT molecular complexity index is 334. The third-order valence-electron chi connectivity index (χ3n) is 2.20. The summed E-state index contributed by atoms with van der Waals surface area (Å²) in [5, 5.41) is 12.0. The zero-order chi connectivity index (χ0) is 9.97. The van der Waals surface area contributed by atoms with Crippen molar-refractivity contribution in [3.63, 3.8) is 0 Å². The monoisotopic (exact) mass is 193 g/mol. The van der Waals surface area contributed by atoms with Gasteiger partial charge in [-0.1, -0.05) is 12.1 Å². The number of rotatable bonds is 2. The Kier molecular flexibility index (Phi) is 2.37. The van der Waals surface area contributed by atoms with Crippen LogP contribution in [0, 0.1) is 0 Å². The summed E-state index contributed by atoms with van der Waals surface area (Å²) < 4.78 is 4.76. The van der Waals surface area contributed by atoms with Crippen LogP contribution in [0.2, 0.25) is 0 Å². The number of cyclic esters (lactones) is 1. The van der Waals surface area contributed by atoms with Crippen molar-refractivity contribution in [2.75, 3.05) is 6.73 Å². The standard InChI is InChI=1S/C10H11NO3/c12-8-3-1-7(2-4-8)5-9-10(13)14-6-11-9/h1-4,9,11-12H,5-6H2. The molecular formula is C10H11NO3. The molecule has 0 bridgehead atoms. The summed E-state index contributed by atoms with van der Waals surface area (Å²) in [5.74, 6) is 0.0220. The second-order valence-corrected chi connectivity index (χ2v) is 3.23.